The van der Waals surface area contributed by atoms with Gasteiger partial charge >= 0.3 is 5.97 Å². The van der Waals surface area contributed by atoms with Gasteiger partial charge in [-0.3, -0.25) is 9.59 Å². The van der Waals surface area contributed by atoms with E-state index < -0.39 is 5.97 Å². The quantitative estimate of drug-likeness (QED) is 0.796. The molecule has 0 radical (unpaired) electrons. The first-order valence-electron chi connectivity index (χ1n) is 8.54. The molecule has 0 atom stereocenters. The second-order valence-corrected chi connectivity index (χ2v) is 6.22. The first-order chi connectivity index (χ1) is 11.9. The largest absolute Gasteiger partial charge is 0.497 e. The highest BCUT2D eigenvalue weighted by molar-refractivity contribution is 6.08. The molecule has 2 rings (SSSR count). The minimum atomic E-state index is -0.846. The van der Waals surface area contributed by atoms with Crippen LogP contribution in [0.2, 0.25) is 0 Å². The Kier molecular flexibility index (Phi) is 6.07. The van der Waals surface area contributed by atoms with Gasteiger partial charge in [0.25, 0.3) is 5.91 Å². The third-order valence-corrected chi connectivity index (χ3v) is 4.42. The molecule has 25 heavy (non-hydrogen) atoms. The summed E-state index contributed by atoms with van der Waals surface area (Å²) in [5.41, 5.74) is 2.61. The van der Waals surface area contributed by atoms with Crippen LogP contribution in [0.4, 0.5) is 0 Å². The smallest absolute Gasteiger partial charge is 0.303 e. The van der Waals surface area contributed by atoms with Gasteiger partial charge in [-0.25, -0.2) is 0 Å². The number of hydrogen-bond donors (Lipinski definition) is 1. The first-order valence-corrected chi connectivity index (χ1v) is 8.54. The number of benzene rings is 1. The number of ether oxygens (including phenoxy) is 1. The molecule has 1 N–H and O–H groups in total. The number of hydrogen-bond acceptors (Lipinski definition) is 3. The van der Waals surface area contributed by atoms with Crippen LogP contribution < -0.4 is 4.74 Å². The van der Waals surface area contributed by atoms with Gasteiger partial charge in [-0.15, -0.1) is 0 Å². The van der Waals surface area contributed by atoms with Crippen molar-refractivity contribution in [2.75, 3.05) is 20.7 Å². The fourth-order valence-electron chi connectivity index (χ4n) is 3.13. The lowest BCUT2D eigenvalue weighted by Crippen LogP contribution is -2.28. The monoisotopic (exact) mass is 346 g/mol. The maximum atomic E-state index is 13.0. The summed E-state index contributed by atoms with van der Waals surface area (Å²) < 4.78 is 7.48. The summed E-state index contributed by atoms with van der Waals surface area (Å²) >= 11 is 0. The summed E-state index contributed by atoms with van der Waals surface area (Å²) in [5, 5.41) is 9.64. The van der Waals surface area contributed by atoms with Crippen LogP contribution in [0.15, 0.2) is 18.2 Å². The summed E-state index contributed by atoms with van der Waals surface area (Å²) in [6.07, 6.45) is 1.47. The number of carbonyl (C=O) groups is 2. The number of carboxylic acids is 1. The Bertz CT molecular complexity index is 779. The predicted octanol–water partition coefficient (Wildman–Crippen LogP) is 3.31. The number of fused-ring (bicyclic) bond motifs is 1. The molecule has 0 aliphatic heterocycles. The van der Waals surface area contributed by atoms with Crippen molar-refractivity contribution in [1.29, 1.82) is 0 Å². The molecule has 136 valence electrons. The Balaban J connectivity index is 2.42. The van der Waals surface area contributed by atoms with E-state index in [1.165, 1.54) is 0 Å². The zero-order chi connectivity index (χ0) is 18.6. The van der Waals surface area contributed by atoms with Gasteiger partial charge in [0.05, 0.1) is 12.7 Å². The van der Waals surface area contributed by atoms with Crippen LogP contribution in [-0.4, -0.2) is 47.2 Å². The van der Waals surface area contributed by atoms with Crippen LogP contribution in [-0.2, 0) is 11.3 Å². The molecule has 0 spiro atoms. The van der Waals surface area contributed by atoms with Crippen molar-refractivity contribution in [3.05, 3.63) is 29.5 Å². The van der Waals surface area contributed by atoms with Crippen LogP contribution in [0, 0.1) is 6.92 Å². The van der Waals surface area contributed by atoms with Gasteiger partial charge in [0, 0.05) is 43.2 Å². The molecule has 0 saturated heterocycles. The molecule has 6 heteroatoms. The van der Waals surface area contributed by atoms with Crippen LogP contribution in [0.25, 0.3) is 10.9 Å². The summed E-state index contributed by atoms with van der Waals surface area (Å²) in [4.78, 5) is 25.3. The molecule has 0 aliphatic carbocycles. The fraction of sp³-hybridized carbons (Fsp3) is 0.474. The number of carbonyl (C=O) groups excluding carboxylic acids is 1. The second-order valence-electron chi connectivity index (χ2n) is 6.22. The fourth-order valence-corrected chi connectivity index (χ4v) is 3.13. The highest BCUT2D eigenvalue weighted by Gasteiger charge is 2.22. The third kappa shape index (κ3) is 3.95. The molecule has 0 fully saturated rings. The van der Waals surface area contributed by atoms with E-state index in [0.717, 1.165) is 29.6 Å². The molecule has 2 aromatic rings. The van der Waals surface area contributed by atoms with Crippen LogP contribution >= 0.6 is 0 Å². The number of aromatic nitrogens is 1. The number of aliphatic carboxylic acids is 1. The van der Waals surface area contributed by atoms with E-state index >= 15 is 0 Å². The SMILES string of the molecule is CCCn1c(C)c(C(=O)N(C)CCCC(=O)O)c2cc(OC)ccc21. The van der Waals surface area contributed by atoms with Crippen LogP contribution in [0.5, 0.6) is 5.75 Å². The number of aryl methyl sites for hydroxylation is 1. The topological polar surface area (TPSA) is 71.8 Å². The van der Waals surface area contributed by atoms with Crippen molar-refractivity contribution in [2.24, 2.45) is 0 Å². The number of nitrogens with zero attached hydrogens (tertiary/aromatic N) is 2. The van der Waals surface area contributed by atoms with Crippen LogP contribution in [0.1, 0.15) is 42.2 Å². The highest BCUT2D eigenvalue weighted by Crippen LogP contribution is 2.30. The summed E-state index contributed by atoms with van der Waals surface area (Å²) in [6, 6.07) is 5.78. The number of carboxylic acid groups (broad SMARTS) is 1. The van der Waals surface area contributed by atoms with Gasteiger partial charge in [-0.1, -0.05) is 6.92 Å². The standard InChI is InChI=1S/C19H26N2O4/c1-5-10-21-13(2)18(15-12-14(25-4)8-9-16(15)21)19(24)20(3)11-6-7-17(22)23/h8-9,12H,5-7,10-11H2,1-4H3,(H,22,23). The minimum absolute atomic E-state index is 0.0576. The van der Waals surface area contributed by atoms with Crippen molar-refractivity contribution < 1.29 is 19.4 Å². The maximum Gasteiger partial charge on any atom is 0.303 e. The maximum absolute atomic E-state index is 13.0. The van der Waals surface area contributed by atoms with Gasteiger partial charge in [0.2, 0.25) is 0 Å². The van der Waals surface area contributed by atoms with Crippen molar-refractivity contribution in [2.45, 2.75) is 39.7 Å². The summed E-state index contributed by atoms with van der Waals surface area (Å²) in [6.45, 7) is 5.31. The molecule has 0 bridgehead atoms. The zero-order valence-corrected chi connectivity index (χ0v) is 15.3. The predicted molar refractivity (Wildman–Crippen MR) is 97.3 cm³/mol. The molecule has 1 aromatic heterocycles. The summed E-state index contributed by atoms with van der Waals surface area (Å²) in [7, 11) is 3.32. The third-order valence-electron chi connectivity index (χ3n) is 4.42. The molecule has 0 saturated carbocycles. The van der Waals surface area contributed by atoms with Crippen LogP contribution in [0.3, 0.4) is 0 Å². The normalized spacial score (nSPS) is 10.9. The lowest BCUT2D eigenvalue weighted by Gasteiger charge is -2.17. The molecular weight excluding hydrogens is 320 g/mol. The molecular formula is C19H26N2O4. The number of rotatable bonds is 8. The van der Waals surface area contributed by atoms with Gasteiger partial charge in [-0.2, -0.15) is 0 Å². The van der Waals surface area contributed by atoms with E-state index in [2.05, 4.69) is 11.5 Å². The van der Waals surface area contributed by atoms with E-state index in [-0.39, 0.29) is 12.3 Å². The Hall–Kier alpha value is -2.50. The molecule has 6 nitrogen and oxygen atoms in total. The molecule has 0 aliphatic rings. The zero-order valence-electron chi connectivity index (χ0n) is 15.3. The Morgan fingerprint density at radius 1 is 1.32 bits per heavy atom. The lowest BCUT2D eigenvalue weighted by atomic mass is 10.1. The average Bonchev–Trinajstić information content (AvgIpc) is 2.85. The van der Waals surface area contributed by atoms with Crippen molar-refractivity contribution >= 4 is 22.8 Å². The van der Waals surface area contributed by atoms with E-state index in [1.54, 1.807) is 19.1 Å². The molecule has 1 heterocycles. The number of methoxy groups -OCH3 is 1. The van der Waals surface area contributed by atoms with Crippen molar-refractivity contribution in [3.8, 4) is 5.75 Å². The highest BCUT2D eigenvalue weighted by atomic mass is 16.5. The minimum Gasteiger partial charge on any atom is -0.497 e. The number of amides is 1. The first kappa shape index (κ1) is 18.8. The Morgan fingerprint density at radius 3 is 2.64 bits per heavy atom. The van der Waals surface area contributed by atoms with Gasteiger partial charge in [0.15, 0.2) is 0 Å². The second kappa shape index (κ2) is 8.05. The van der Waals surface area contributed by atoms with E-state index in [9.17, 15) is 9.59 Å². The van der Waals surface area contributed by atoms with Crippen molar-refractivity contribution in [3.63, 3.8) is 0 Å². The van der Waals surface area contributed by atoms with E-state index in [1.807, 2.05) is 25.1 Å². The molecule has 1 amide bonds. The van der Waals surface area contributed by atoms with Gasteiger partial charge in [-0.05, 0) is 38.0 Å². The van der Waals surface area contributed by atoms with Gasteiger partial charge in [0.1, 0.15) is 5.75 Å². The Morgan fingerprint density at radius 2 is 2.04 bits per heavy atom. The lowest BCUT2D eigenvalue weighted by molar-refractivity contribution is -0.137. The molecule has 1 aromatic carbocycles. The van der Waals surface area contributed by atoms with Gasteiger partial charge < -0.3 is 19.3 Å². The molecule has 0 unspecified atom stereocenters. The van der Waals surface area contributed by atoms with E-state index in [4.69, 9.17) is 9.84 Å². The van der Waals surface area contributed by atoms with Crippen molar-refractivity contribution in [1.82, 2.24) is 9.47 Å². The average molecular weight is 346 g/mol. The van der Waals surface area contributed by atoms with E-state index in [0.29, 0.717) is 24.3 Å². The Labute approximate surface area is 148 Å². The summed E-state index contributed by atoms with van der Waals surface area (Å²) in [5.74, 6) is -0.221.